The maximum Gasteiger partial charge on any atom is 0.231 e. The van der Waals surface area contributed by atoms with Crippen LogP contribution in [0, 0.1) is 11.3 Å². The molecule has 21 heavy (non-hydrogen) atoms. The summed E-state index contributed by atoms with van der Waals surface area (Å²) in [5, 5.41) is 17.3. The number of aryl methyl sites for hydroxylation is 1. The van der Waals surface area contributed by atoms with Crippen molar-refractivity contribution in [1.29, 1.82) is 5.26 Å². The van der Waals surface area contributed by atoms with E-state index in [9.17, 15) is 5.26 Å². The van der Waals surface area contributed by atoms with Crippen LogP contribution < -0.4 is 9.47 Å². The molecule has 108 valence electrons. The highest BCUT2D eigenvalue weighted by atomic mass is 16.7. The summed E-state index contributed by atoms with van der Waals surface area (Å²) in [7, 11) is 0. The number of nitriles is 1. The molecule has 6 nitrogen and oxygen atoms in total. The van der Waals surface area contributed by atoms with E-state index in [0.29, 0.717) is 11.4 Å². The van der Waals surface area contributed by atoms with E-state index in [2.05, 4.69) is 23.3 Å². The normalized spacial score (nSPS) is 12.4. The molecule has 0 saturated heterocycles. The zero-order chi connectivity index (χ0) is 14.7. The van der Waals surface area contributed by atoms with E-state index in [0.717, 1.165) is 42.8 Å². The third kappa shape index (κ3) is 2.55. The first-order chi connectivity index (χ1) is 10.3. The standard InChI is InChI=1S/C15H16N4O2/c1-2-3-4-7-19-15(12(9-16)17-18-19)11-5-6-13-14(8-11)21-10-20-13/h5-6,8H,2-4,7,10H2,1H3. The van der Waals surface area contributed by atoms with E-state index in [1.807, 2.05) is 18.2 Å². The molecule has 0 spiro atoms. The fourth-order valence-electron chi connectivity index (χ4n) is 2.39. The second-order valence-corrected chi connectivity index (χ2v) is 4.90. The van der Waals surface area contributed by atoms with Crippen LogP contribution >= 0.6 is 0 Å². The van der Waals surface area contributed by atoms with Crippen molar-refractivity contribution in [2.75, 3.05) is 6.79 Å². The molecule has 0 fully saturated rings. The topological polar surface area (TPSA) is 73.0 Å². The van der Waals surface area contributed by atoms with Crippen LogP contribution in [0.5, 0.6) is 11.5 Å². The molecule has 1 aromatic carbocycles. The quantitative estimate of drug-likeness (QED) is 0.789. The maximum atomic E-state index is 9.24. The van der Waals surface area contributed by atoms with Gasteiger partial charge in [-0.1, -0.05) is 25.0 Å². The summed E-state index contributed by atoms with van der Waals surface area (Å²) in [4.78, 5) is 0. The van der Waals surface area contributed by atoms with E-state index in [4.69, 9.17) is 9.47 Å². The predicted molar refractivity (Wildman–Crippen MR) is 75.8 cm³/mol. The van der Waals surface area contributed by atoms with Crippen LogP contribution in [-0.2, 0) is 6.54 Å². The van der Waals surface area contributed by atoms with Gasteiger partial charge in [0.05, 0.1) is 0 Å². The van der Waals surface area contributed by atoms with Crippen LogP contribution in [0.4, 0.5) is 0 Å². The van der Waals surface area contributed by atoms with Gasteiger partial charge in [0.1, 0.15) is 11.8 Å². The largest absolute Gasteiger partial charge is 0.454 e. The number of ether oxygens (including phenoxy) is 2. The summed E-state index contributed by atoms with van der Waals surface area (Å²) in [6, 6.07) is 7.73. The minimum Gasteiger partial charge on any atom is -0.454 e. The zero-order valence-corrected chi connectivity index (χ0v) is 11.9. The lowest BCUT2D eigenvalue weighted by Gasteiger charge is -2.07. The Balaban J connectivity index is 1.96. The Morgan fingerprint density at radius 1 is 1.29 bits per heavy atom. The van der Waals surface area contributed by atoms with Gasteiger partial charge in [0, 0.05) is 12.1 Å². The van der Waals surface area contributed by atoms with Gasteiger partial charge in [0.2, 0.25) is 6.79 Å². The first-order valence-electron chi connectivity index (χ1n) is 7.07. The lowest BCUT2D eigenvalue weighted by Crippen LogP contribution is -2.03. The lowest BCUT2D eigenvalue weighted by molar-refractivity contribution is 0.174. The Bertz CT molecular complexity index is 687. The molecule has 1 aliphatic heterocycles. The van der Waals surface area contributed by atoms with Crippen molar-refractivity contribution in [3.05, 3.63) is 23.9 Å². The second kappa shape index (κ2) is 5.83. The van der Waals surface area contributed by atoms with Crippen molar-refractivity contribution in [2.45, 2.75) is 32.7 Å². The van der Waals surface area contributed by atoms with E-state index >= 15 is 0 Å². The molecule has 0 N–H and O–H groups in total. The molecule has 0 radical (unpaired) electrons. The first-order valence-corrected chi connectivity index (χ1v) is 7.07. The SMILES string of the molecule is CCCCCn1nnc(C#N)c1-c1ccc2c(c1)OCO2. The molecule has 0 unspecified atom stereocenters. The summed E-state index contributed by atoms with van der Waals surface area (Å²) in [6.07, 6.45) is 3.28. The molecule has 3 rings (SSSR count). The van der Waals surface area contributed by atoms with Crippen molar-refractivity contribution >= 4 is 0 Å². The highest BCUT2D eigenvalue weighted by Crippen LogP contribution is 2.36. The smallest absolute Gasteiger partial charge is 0.231 e. The Morgan fingerprint density at radius 2 is 2.14 bits per heavy atom. The highest BCUT2D eigenvalue weighted by Gasteiger charge is 2.19. The minimum atomic E-state index is 0.234. The van der Waals surface area contributed by atoms with E-state index in [-0.39, 0.29) is 6.79 Å². The van der Waals surface area contributed by atoms with Crippen LogP contribution in [0.15, 0.2) is 18.2 Å². The highest BCUT2D eigenvalue weighted by molar-refractivity contribution is 5.68. The lowest BCUT2D eigenvalue weighted by atomic mass is 10.1. The molecule has 0 atom stereocenters. The average Bonchev–Trinajstić information content (AvgIpc) is 3.12. The van der Waals surface area contributed by atoms with Crippen LogP contribution in [-0.4, -0.2) is 21.8 Å². The van der Waals surface area contributed by atoms with E-state index in [1.54, 1.807) is 4.68 Å². The van der Waals surface area contributed by atoms with Gasteiger partial charge in [0.25, 0.3) is 0 Å². The Hall–Kier alpha value is -2.55. The Labute approximate surface area is 122 Å². The van der Waals surface area contributed by atoms with Gasteiger partial charge in [-0.15, -0.1) is 5.10 Å². The van der Waals surface area contributed by atoms with E-state index < -0.39 is 0 Å². The molecule has 0 saturated carbocycles. The monoisotopic (exact) mass is 284 g/mol. The number of rotatable bonds is 5. The third-order valence-corrected chi connectivity index (χ3v) is 3.46. The van der Waals surface area contributed by atoms with Gasteiger partial charge >= 0.3 is 0 Å². The average molecular weight is 284 g/mol. The fourth-order valence-corrected chi connectivity index (χ4v) is 2.39. The predicted octanol–water partition coefficient (Wildman–Crippen LogP) is 2.74. The number of hydrogen-bond acceptors (Lipinski definition) is 5. The van der Waals surface area contributed by atoms with Crippen molar-refractivity contribution < 1.29 is 9.47 Å². The molecule has 2 heterocycles. The summed E-state index contributed by atoms with van der Waals surface area (Å²) in [6.45, 7) is 3.14. The van der Waals surface area contributed by atoms with Crippen molar-refractivity contribution in [1.82, 2.24) is 15.0 Å². The molecule has 0 aliphatic carbocycles. The molecule has 2 aromatic rings. The number of unbranched alkanes of at least 4 members (excludes halogenated alkanes) is 2. The summed E-state index contributed by atoms with van der Waals surface area (Å²) < 4.78 is 12.5. The number of hydrogen-bond donors (Lipinski definition) is 0. The first kappa shape index (κ1) is 13.4. The van der Waals surface area contributed by atoms with Gasteiger partial charge in [-0.05, 0) is 24.6 Å². The number of fused-ring (bicyclic) bond motifs is 1. The molecule has 6 heteroatoms. The molecule has 1 aliphatic rings. The Kier molecular flexibility index (Phi) is 3.73. The Morgan fingerprint density at radius 3 is 2.95 bits per heavy atom. The zero-order valence-electron chi connectivity index (χ0n) is 11.9. The molecule has 1 aromatic heterocycles. The van der Waals surface area contributed by atoms with Crippen molar-refractivity contribution in [2.24, 2.45) is 0 Å². The van der Waals surface area contributed by atoms with Gasteiger partial charge in [-0.2, -0.15) is 5.26 Å². The third-order valence-electron chi connectivity index (χ3n) is 3.46. The van der Waals surface area contributed by atoms with Gasteiger partial charge in [-0.3, -0.25) is 0 Å². The van der Waals surface area contributed by atoms with Crippen LogP contribution in [0.25, 0.3) is 11.3 Å². The van der Waals surface area contributed by atoms with Crippen LogP contribution in [0.2, 0.25) is 0 Å². The number of benzene rings is 1. The minimum absolute atomic E-state index is 0.234. The molecular weight excluding hydrogens is 268 g/mol. The maximum absolute atomic E-state index is 9.24. The summed E-state index contributed by atoms with van der Waals surface area (Å²) in [5.74, 6) is 1.42. The van der Waals surface area contributed by atoms with Gasteiger partial charge < -0.3 is 9.47 Å². The molecule has 0 amide bonds. The summed E-state index contributed by atoms with van der Waals surface area (Å²) >= 11 is 0. The second-order valence-electron chi connectivity index (χ2n) is 4.90. The molecular formula is C15H16N4O2. The number of nitrogens with zero attached hydrogens (tertiary/aromatic N) is 4. The summed E-state index contributed by atoms with van der Waals surface area (Å²) in [5.41, 5.74) is 1.95. The fraction of sp³-hybridized carbons (Fsp3) is 0.400. The molecule has 0 bridgehead atoms. The number of aromatic nitrogens is 3. The van der Waals surface area contributed by atoms with Crippen LogP contribution in [0.1, 0.15) is 31.9 Å². The van der Waals surface area contributed by atoms with Gasteiger partial charge in [0.15, 0.2) is 17.2 Å². The van der Waals surface area contributed by atoms with Crippen molar-refractivity contribution in [3.8, 4) is 28.8 Å². The van der Waals surface area contributed by atoms with E-state index in [1.165, 1.54) is 0 Å². The van der Waals surface area contributed by atoms with Gasteiger partial charge in [-0.25, -0.2) is 4.68 Å². The van der Waals surface area contributed by atoms with Crippen LogP contribution in [0.3, 0.4) is 0 Å². The van der Waals surface area contributed by atoms with Crippen molar-refractivity contribution in [3.63, 3.8) is 0 Å².